The lowest BCUT2D eigenvalue weighted by Crippen LogP contribution is -2.02. The number of carbonyl (C=O) groups is 1. The van der Waals surface area contributed by atoms with Gasteiger partial charge < -0.3 is 0 Å². The molecule has 0 saturated heterocycles. The van der Waals surface area contributed by atoms with Gasteiger partial charge in [0.25, 0.3) is 0 Å². The Bertz CT molecular complexity index is 421. The summed E-state index contributed by atoms with van der Waals surface area (Å²) < 4.78 is 25.6. The van der Waals surface area contributed by atoms with E-state index in [1.807, 2.05) is 0 Å². The zero-order valence-electron chi connectivity index (χ0n) is 9.02. The van der Waals surface area contributed by atoms with E-state index in [0.29, 0.717) is 18.4 Å². The predicted octanol–water partition coefficient (Wildman–Crippen LogP) is 2.88. The Labute approximate surface area is 93.5 Å². The first-order valence-electron chi connectivity index (χ1n) is 4.98. The minimum absolute atomic E-state index is 0.0556. The van der Waals surface area contributed by atoms with Gasteiger partial charge >= 0.3 is 0 Å². The van der Waals surface area contributed by atoms with Gasteiger partial charge in [0.2, 0.25) is 0 Å². The van der Waals surface area contributed by atoms with Gasteiger partial charge in [0.05, 0.1) is 0 Å². The van der Waals surface area contributed by atoms with Crippen molar-refractivity contribution < 1.29 is 13.6 Å². The first-order chi connectivity index (χ1) is 7.61. The lowest BCUT2D eigenvalue weighted by molar-refractivity contribution is -0.118. The van der Waals surface area contributed by atoms with Crippen LogP contribution in [-0.4, -0.2) is 5.78 Å². The molecule has 1 aromatic rings. The van der Waals surface area contributed by atoms with Crippen molar-refractivity contribution in [2.45, 2.75) is 26.2 Å². The Morgan fingerprint density at radius 2 is 1.88 bits per heavy atom. The van der Waals surface area contributed by atoms with E-state index < -0.39 is 11.6 Å². The van der Waals surface area contributed by atoms with Crippen LogP contribution in [0.2, 0.25) is 0 Å². The van der Waals surface area contributed by atoms with Gasteiger partial charge in [-0.25, -0.2) is 8.78 Å². The molecule has 0 aliphatic carbocycles. The van der Waals surface area contributed by atoms with E-state index in [0.717, 1.165) is 6.07 Å². The van der Waals surface area contributed by atoms with Gasteiger partial charge in [-0.1, -0.05) is 0 Å². The van der Waals surface area contributed by atoms with Crippen molar-refractivity contribution in [3.05, 3.63) is 35.4 Å². The maximum atomic E-state index is 12.8. The quantitative estimate of drug-likeness (QED) is 0.716. The summed E-state index contributed by atoms with van der Waals surface area (Å²) in [5.41, 5.74) is 0.368. The summed E-state index contributed by atoms with van der Waals surface area (Å²) in [5.74, 6) is 4.08. The molecule has 0 aromatic heterocycles. The Kier molecular flexibility index (Phi) is 4.65. The first kappa shape index (κ1) is 12.4. The fourth-order valence-corrected chi connectivity index (χ4v) is 1.36. The molecule has 0 amide bonds. The van der Waals surface area contributed by atoms with Crippen LogP contribution in [0.4, 0.5) is 8.78 Å². The molecule has 3 heteroatoms. The van der Waals surface area contributed by atoms with E-state index in [4.69, 9.17) is 0 Å². The normalized spacial score (nSPS) is 9.44. The first-order valence-corrected chi connectivity index (χ1v) is 4.98. The molecule has 1 nitrogen and oxygen atoms in total. The van der Waals surface area contributed by atoms with E-state index in [2.05, 4.69) is 11.8 Å². The van der Waals surface area contributed by atoms with Crippen LogP contribution in [0, 0.1) is 23.5 Å². The summed E-state index contributed by atoms with van der Waals surface area (Å²) in [6.07, 6.45) is 0.867. The third-order valence-corrected chi connectivity index (χ3v) is 2.03. The molecule has 0 aliphatic heterocycles. The number of halogens is 2. The summed E-state index contributed by atoms with van der Waals surface area (Å²) >= 11 is 0. The van der Waals surface area contributed by atoms with E-state index in [9.17, 15) is 13.6 Å². The van der Waals surface area contributed by atoms with Crippen LogP contribution >= 0.6 is 0 Å². The largest absolute Gasteiger partial charge is 0.299 e. The van der Waals surface area contributed by atoms with Crippen LogP contribution in [0.1, 0.15) is 25.3 Å². The average Bonchev–Trinajstić information content (AvgIpc) is 2.16. The van der Waals surface area contributed by atoms with E-state index >= 15 is 0 Å². The molecule has 0 aliphatic rings. The van der Waals surface area contributed by atoms with Crippen molar-refractivity contribution in [2.75, 3.05) is 0 Å². The van der Waals surface area contributed by atoms with Gasteiger partial charge in [0.15, 0.2) is 0 Å². The average molecular weight is 222 g/mol. The van der Waals surface area contributed by atoms with Crippen LogP contribution in [0.25, 0.3) is 0 Å². The molecule has 0 saturated carbocycles. The second-order valence-electron chi connectivity index (χ2n) is 3.42. The zero-order valence-corrected chi connectivity index (χ0v) is 9.02. The Balaban J connectivity index is 2.57. The highest BCUT2D eigenvalue weighted by atomic mass is 19.1. The van der Waals surface area contributed by atoms with Crippen LogP contribution in [0.3, 0.4) is 0 Å². The molecule has 0 atom stereocenters. The molecule has 0 bridgehead atoms. The highest BCUT2D eigenvalue weighted by Crippen LogP contribution is 2.09. The molecule has 0 spiro atoms. The number of Topliss-reactive ketones (excluding diaryl/α,β-unsaturated/α-hetero) is 1. The van der Waals surface area contributed by atoms with Gasteiger partial charge in [-0.3, -0.25) is 4.79 Å². The van der Waals surface area contributed by atoms with Crippen molar-refractivity contribution in [3.8, 4) is 11.8 Å². The highest BCUT2D eigenvalue weighted by Gasteiger charge is 2.06. The maximum Gasteiger partial charge on any atom is 0.138 e. The third kappa shape index (κ3) is 4.22. The predicted molar refractivity (Wildman–Crippen MR) is 57.8 cm³/mol. The lowest BCUT2D eigenvalue weighted by atomic mass is 10.1. The Morgan fingerprint density at radius 3 is 2.44 bits per heavy atom. The van der Waals surface area contributed by atoms with E-state index in [1.54, 1.807) is 6.92 Å². The van der Waals surface area contributed by atoms with Gasteiger partial charge in [-0.2, -0.15) is 0 Å². The molecule has 0 unspecified atom stereocenters. The molecule has 0 fully saturated rings. The van der Waals surface area contributed by atoms with Crippen molar-refractivity contribution in [1.82, 2.24) is 0 Å². The third-order valence-electron chi connectivity index (χ3n) is 2.03. The molecule has 1 rings (SSSR count). The Hall–Kier alpha value is -1.69. The number of ketones is 1. The molecule has 84 valence electrons. The summed E-state index contributed by atoms with van der Waals surface area (Å²) in [7, 11) is 0. The highest BCUT2D eigenvalue weighted by molar-refractivity contribution is 5.81. The van der Waals surface area contributed by atoms with Crippen molar-refractivity contribution in [1.29, 1.82) is 0 Å². The standard InChI is InChI=1S/C13H12F2O/c1-2-3-4-5-13(16)8-10-6-11(14)9-12(15)7-10/h6-7,9H,4-5,8H2,1H3. The number of carbonyl (C=O) groups excluding carboxylic acids is 1. The van der Waals surface area contributed by atoms with Crippen LogP contribution in [0.15, 0.2) is 18.2 Å². The molecule has 0 N–H and O–H groups in total. The summed E-state index contributed by atoms with van der Waals surface area (Å²) in [5, 5.41) is 0. The summed E-state index contributed by atoms with van der Waals surface area (Å²) in [6.45, 7) is 1.70. The van der Waals surface area contributed by atoms with Crippen LogP contribution in [-0.2, 0) is 11.2 Å². The lowest BCUT2D eigenvalue weighted by Gasteiger charge is -2.00. The number of hydrogen-bond donors (Lipinski definition) is 0. The van der Waals surface area contributed by atoms with Crippen LogP contribution in [0.5, 0.6) is 0 Å². The SMILES string of the molecule is CC#CCCC(=O)Cc1cc(F)cc(F)c1. The minimum atomic E-state index is -0.656. The van der Waals surface area contributed by atoms with E-state index in [-0.39, 0.29) is 12.2 Å². The molecule has 0 heterocycles. The molecule has 16 heavy (non-hydrogen) atoms. The van der Waals surface area contributed by atoms with Crippen molar-refractivity contribution >= 4 is 5.78 Å². The summed E-state index contributed by atoms with van der Waals surface area (Å²) in [6, 6.07) is 3.13. The topological polar surface area (TPSA) is 17.1 Å². The van der Waals surface area contributed by atoms with Gasteiger partial charge in [-0.05, 0) is 24.6 Å². The van der Waals surface area contributed by atoms with Gasteiger partial charge in [-0.15, -0.1) is 11.8 Å². The maximum absolute atomic E-state index is 12.8. The number of rotatable bonds is 4. The fourth-order valence-electron chi connectivity index (χ4n) is 1.36. The van der Waals surface area contributed by atoms with Crippen molar-refractivity contribution in [3.63, 3.8) is 0 Å². The monoisotopic (exact) mass is 222 g/mol. The number of hydrogen-bond acceptors (Lipinski definition) is 1. The summed E-state index contributed by atoms with van der Waals surface area (Å²) in [4.78, 5) is 11.4. The number of benzene rings is 1. The zero-order chi connectivity index (χ0) is 12.0. The van der Waals surface area contributed by atoms with E-state index in [1.165, 1.54) is 12.1 Å². The second kappa shape index (κ2) is 6.02. The fraction of sp³-hybridized carbons (Fsp3) is 0.308. The second-order valence-corrected chi connectivity index (χ2v) is 3.42. The van der Waals surface area contributed by atoms with Gasteiger partial charge in [0, 0.05) is 25.3 Å². The smallest absolute Gasteiger partial charge is 0.138 e. The minimum Gasteiger partial charge on any atom is -0.299 e. The van der Waals surface area contributed by atoms with Gasteiger partial charge in [0.1, 0.15) is 17.4 Å². The molecular formula is C13H12F2O. The molecule has 1 aromatic carbocycles. The molecular weight excluding hydrogens is 210 g/mol. The Morgan fingerprint density at radius 1 is 1.25 bits per heavy atom. The van der Waals surface area contributed by atoms with Crippen molar-refractivity contribution in [2.24, 2.45) is 0 Å². The van der Waals surface area contributed by atoms with Crippen LogP contribution < -0.4 is 0 Å². The molecule has 0 radical (unpaired) electrons.